The van der Waals surface area contributed by atoms with Crippen LogP contribution < -0.4 is 9.47 Å². The van der Waals surface area contributed by atoms with E-state index in [-0.39, 0.29) is 5.91 Å². The molecule has 0 radical (unpaired) electrons. The molecule has 30 heavy (non-hydrogen) atoms. The van der Waals surface area contributed by atoms with Crippen LogP contribution in [0.2, 0.25) is 0 Å². The first-order valence-electron chi connectivity index (χ1n) is 10.1. The van der Waals surface area contributed by atoms with E-state index < -0.39 is 6.04 Å². The van der Waals surface area contributed by atoms with Crippen LogP contribution in [-0.4, -0.2) is 58.3 Å². The molecule has 3 aromatic rings. The van der Waals surface area contributed by atoms with Crippen LogP contribution in [-0.2, 0) is 4.79 Å². The molecular weight excluding hydrogens is 382 g/mol. The lowest BCUT2D eigenvalue weighted by Crippen LogP contribution is -2.41. The molecule has 2 aromatic carbocycles. The Bertz CT molecular complexity index is 999. The van der Waals surface area contributed by atoms with Gasteiger partial charge < -0.3 is 14.4 Å². The Labute approximate surface area is 175 Å². The minimum absolute atomic E-state index is 0.00263. The second kappa shape index (κ2) is 8.94. The second-order valence-corrected chi connectivity index (χ2v) is 7.20. The van der Waals surface area contributed by atoms with Gasteiger partial charge in [-0.25, -0.2) is 0 Å². The van der Waals surface area contributed by atoms with Crippen molar-refractivity contribution in [3.05, 3.63) is 54.1 Å². The van der Waals surface area contributed by atoms with Gasteiger partial charge in [0.05, 0.1) is 14.2 Å². The third-order valence-electron chi connectivity index (χ3n) is 5.32. The van der Waals surface area contributed by atoms with Gasteiger partial charge in [0.2, 0.25) is 5.82 Å². The third kappa shape index (κ3) is 3.98. The maximum Gasteiger partial charge on any atom is 0.254 e. The van der Waals surface area contributed by atoms with Crippen molar-refractivity contribution in [2.75, 3.05) is 27.3 Å². The number of rotatable bonds is 6. The molecular formula is C22H25N5O3. The molecule has 2 heterocycles. The molecule has 0 saturated carbocycles. The number of carbonyl (C=O) groups excluding carboxylic acids is 1. The Hall–Kier alpha value is -3.42. The summed E-state index contributed by atoms with van der Waals surface area (Å²) in [6, 6.07) is 14.4. The van der Waals surface area contributed by atoms with Gasteiger partial charge in [-0.15, -0.1) is 15.0 Å². The molecule has 0 aliphatic carbocycles. The number of carbonyl (C=O) groups is 1. The van der Waals surface area contributed by atoms with Crippen molar-refractivity contribution >= 4 is 5.91 Å². The molecule has 0 spiro atoms. The Balaban J connectivity index is 1.69. The Morgan fingerprint density at radius 3 is 2.40 bits per heavy atom. The van der Waals surface area contributed by atoms with Gasteiger partial charge in [0.15, 0.2) is 17.5 Å². The van der Waals surface area contributed by atoms with Crippen molar-refractivity contribution in [3.8, 4) is 22.9 Å². The Morgan fingerprint density at radius 2 is 1.70 bits per heavy atom. The highest BCUT2D eigenvalue weighted by Gasteiger charge is 2.30. The predicted molar refractivity (Wildman–Crippen MR) is 111 cm³/mol. The van der Waals surface area contributed by atoms with Crippen LogP contribution in [0, 0.1) is 0 Å². The number of benzene rings is 2. The van der Waals surface area contributed by atoms with Gasteiger partial charge in [-0.1, -0.05) is 30.3 Å². The highest BCUT2D eigenvalue weighted by atomic mass is 16.5. The molecule has 0 N–H and O–H groups in total. The van der Waals surface area contributed by atoms with Gasteiger partial charge in [0, 0.05) is 18.7 Å². The molecule has 8 nitrogen and oxygen atoms in total. The van der Waals surface area contributed by atoms with E-state index in [0.29, 0.717) is 17.3 Å². The van der Waals surface area contributed by atoms with E-state index >= 15 is 0 Å². The summed E-state index contributed by atoms with van der Waals surface area (Å²) >= 11 is 0. The van der Waals surface area contributed by atoms with E-state index in [9.17, 15) is 4.79 Å². The molecule has 1 aromatic heterocycles. The van der Waals surface area contributed by atoms with E-state index in [4.69, 9.17) is 9.47 Å². The maximum atomic E-state index is 13.4. The number of ether oxygens (including phenoxy) is 2. The first kappa shape index (κ1) is 19.9. The van der Waals surface area contributed by atoms with Gasteiger partial charge >= 0.3 is 0 Å². The van der Waals surface area contributed by atoms with Crippen LogP contribution in [0.25, 0.3) is 11.4 Å². The zero-order valence-corrected chi connectivity index (χ0v) is 17.2. The van der Waals surface area contributed by atoms with Gasteiger partial charge in [0.25, 0.3) is 5.91 Å². The topological polar surface area (TPSA) is 82.4 Å². The second-order valence-electron chi connectivity index (χ2n) is 7.20. The summed E-state index contributed by atoms with van der Waals surface area (Å²) in [6.07, 6.45) is 3.20. The van der Waals surface area contributed by atoms with Crippen molar-refractivity contribution < 1.29 is 14.3 Å². The van der Waals surface area contributed by atoms with Gasteiger partial charge in [-0.3, -0.25) is 4.79 Å². The quantitative estimate of drug-likeness (QED) is 0.625. The van der Waals surface area contributed by atoms with Gasteiger partial charge in [0.1, 0.15) is 0 Å². The average molecular weight is 407 g/mol. The summed E-state index contributed by atoms with van der Waals surface area (Å²) < 4.78 is 10.7. The van der Waals surface area contributed by atoms with Crippen molar-refractivity contribution in [3.63, 3.8) is 0 Å². The smallest absolute Gasteiger partial charge is 0.254 e. The standard InChI is InChI=1S/C22H25N5O3/c1-29-18-12-11-17(15-19(18)30-2)21-23-25-27(24-21)20(16-9-5-3-6-10-16)22(28)26-13-7-4-8-14-26/h3,5-6,9-12,15,20H,4,7-8,13-14H2,1-2H3. The maximum absolute atomic E-state index is 13.4. The van der Waals surface area contributed by atoms with Crippen LogP contribution in [0.3, 0.4) is 0 Å². The highest BCUT2D eigenvalue weighted by molar-refractivity contribution is 5.83. The van der Waals surface area contributed by atoms with Crippen molar-refractivity contribution in [1.82, 2.24) is 25.1 Å². The molecule has 0 bridgehead atoms. The van der Waals surface area contributed by atoms with E-state index in [1.54, 1.807) is 26.4 Å². The highest BCUT2D eigenvalue weighted by Crippen LogP contribution is 2.31. The molecule has 1 amide bonds. The number of amides is 1. The Morgan fingerprint density at radius 1 is 0.967 bits per heavy atom. The number of nitrogens with zero attached hydrogens (tertiary/aromatic N) is 5. The number of methoxy groups -OCH3 is 2. The summed E-state index contributed by atoms with van der Waals surface area (Å²) in [5.74, 6) is 1.62. The van der Waals surface area contributed by atoms with Crippen LogP contribution in [0.5, 0.6) is 11.5 Å². The fourth-order valence-electron chi connectivity index (χ4n) is 3.72. The lowest BCUT2D eigenvalue weighted by atomic mass is 10.0. The normalized spacial score (nSPS) is 14.9. The van der Waals surface area contributed by atoms with Crippen LogP contribution >= 0.6 is 0 Å². The number of aromatic nitrogens is 4. The fraction of sp³-hybridized carbons (Fsp3) is 0.364. The SMILES string of the molecule is COc1ccc(-c2nnn(C(C(=O)N3CCCCC3)c3ccccc3)n2)cc1OC. The summed E-state index contributed by atoms with van der Waals surface area (Å²) in [4.78, 5) is 16.7. The zero-order valence-electron chi connectivity index (χ0n) is 17.2. The Kier molecular flexibility index (Phi) is 5.92. The number of tetrazole rings is 1. The summed E-state index contributed by atoms with van der Waals surface area (Å²) in [5, 5.41) is 13.0. The zero-order chi connectivity index (χ0) is 20.9. The third-order valence-corrected chi connectivity index (χ3v) is 5.32. The van der Waals surface area contributed by atoms with Crippen LogP contribution in [0.4, 0.5) is 0 Å². The lowest BCUT2D eigenvalue weighted by molar-refractivity contribution is -0.135. The molecule has 8 heteroatoms. The summed E-state index contributed by atoms with van der Waals surface area (Å²) in [7, 11) is 3.16. The van der Waals surface area contributed by atoms with Gasteiger partial charge in [-0.2, -0.15) is 0 Å². The van der Waals surface area contributed by atoms with Crippen LogP contribution in [0.15, 0.2) is 48.5 Å². The first-order valence-corrected chi connectivity index (χ1v) is 10.1. The van der Waals surface area contributed by atoms with Crippen molar-refractivity contribution in [2.45, 2.75) is 25.3 Å². The van der Waals surface area contributed by atoms with Gasteiger partial charge in [-0.05, 0) is 48.2 Å². The molecule has 156 valence electrons. The minimum atomic E-state index is -0.648. The van der Waals surface area contributed by atoms with E-state index in [0.717, 1.165) is 43.5 Å². The average Bonchev–Trinajstić information content (AvgIpc) is 3.29. The lowest BCUT2D eigenvalue weighted by Gasteiger charge is -2.30. The number of hydrogen-bond acceptors (Lipinski definition) is 6. The van der Waals surface area contributed by atoms with E-state index in [1.165, 1.54) is 4.80 Å². The van der Waals surface area contributed by atoms with Crippen molar-refractivity contribution in [2.24, 2.45) is 0 Å². The molecule has 1 unspecified atom stereocenters. The van der Waals surface area contributed by atoms with Crippen molar-refractivity contribution in [1.29, 1.82) is 0 Å². The molecule has 1 saturated heterocycles. The minimum Gasteiger partial charge on any atom is -0.493 e. The first-order chi connectivity index (χ1) is 14.7. The summed E-state index contributed by atoms with van der Waals surface area (Å²) in [6.45, 7) is 1.53. The number of hydrogen-bond donors (Lipinski definition) is 0. The molecule has 1 atom stereocenters. The largest absolute Gasteiger partial charge is 0.493 e. The summed E-state index contributed by atoms with van der Waals surface area (Å²) in [5.41, 5.74) is 1.57. The molecule has 1 aliphatic rings. The predicted octanol–water partition coefficient (Wildman–Crippen LogP) is 2.96. The monoisotopic (exact) mass is 407 g/mol. The number of piperidine rings is 1. The van der Waals surface area contributed by atoms with E-state index in [2.05, 4.69) is 15.4 Å². The molecule has 1 fully saturated rings. The number of likely N-dealkylation sites (tertiary alicyclic amines) is 1. The molecule has 1 aliphatic heterocycles. The van der Waals surface area contributed by atoms with Crippen LogP contribution in [0.1, 0.15) is 30.9 Å². The molecule has 4 rings (SSSR count). The fourth-order valence-corrected chi connectivity index (χ4v) is 3.72. The van der Waals surface area contributed by atoms with E-state index in [1.807, 2.05) is 41.3 Å².